The number of ether oxygens (including phenoxy) is 2. The molecule has 1 rings (SSSR count). The van der Waals surface area contributed by atoms with Gasteiger partial charge in [0.05, 0.1) is 0 Å². The molecule has 0 saturated carbocycles. The van der Waals surface area contributed by atoms with E-state index in [1.165, 1.54) is 5.57 Å². The average molecular weight is 570 g/mol. The molecule has 226 valence electrons. The monoisotopic (exact) mass is 569 g/mol. The third kappa shape index (κ3) is 12.3. The molecular weight excluding hydrogens is 518 g/mol. The first-order valence-corrected chi connectivity index (χ1v) is 14.6. The lowest BCUT2D eigenvalue weighted by atomic mass is 9.85. The molecule has 0 bridgehead atoms. The summed E-state index contributed by atoms with van der Waals surface area (Å²) < 4.78 is 11.9. The maximum Gasteiger partial charge on any atom is 0.192 e. The molecule has 0 atom stereocenters. The van der Waals surface area contributed by atoms with Gasteiger partial charge < -0.3 is 9.47 Å². The quantitative estimate of drug-likeness (QED) is 0.111. The van der Waals surface area contributed by atoms with Crippen LogP contribution in [0.5, 0.6) is 5.75 Å². The summed E-state index contributed by atoms with van der Waals surface area (Å²) in [5.41, 5.74) is 9.71. The topological polar surface area (TPSA) is 61.5 Å². The molecule has 2 N–H and O–H groups in total. The number of carbonyl (C=O) groups excluding carboxylic acids is 1. The zero-order valence-electron chi connectivity index (χ0n) is 27.5. The number of Topliss-reactive ketones (excluding diaryl/α,β-unsaturated/α-hetero) is 1. The third-order valence-electron chi connectivity index (χ3n) is 6.30. The summed E-state index contributed by atoms with van der Waals surface area (Å²) in [6.45, 7) is 21.7. The Labute approximate surface area is 255 Å². The smallest absolute Gasteiger partial charge is 0.192 e. The van der Waals surface area contributed by atoms with Crippen LogP contribution in [0.2, 0.25) is 0 Å². The molecule has 0 fully saturated rings. The van der Waals surface area contributed by atoms with Gasteiger partial charge in [0, 0.05) is 11.1 Å². The highest BCUT2D eigenvalue weighted by Gasteiger charge is 2.15. The molecule has 42 heavy (non-hydrogen) atoms. The number of ketones is 1. The lowest BCUT2D eigenvalue weighted by Gasteiger charge is -2.21. The molecule has 0 aromatic heterocycles. The van der Waals surface area contributed by atoms with Crippen LogP contribution in [0.4, 0.5) is 0 Å². The molecule has 1 aromatic rings. The molecule has 0 amide bonds. The highest BCUT2D eigenvalue weighted by molar-refractivity contribution is 6.11. The van der Waals surface area contributed by atoms with Crippen molar-refractivity contribution in [1.82, 2.24) is 0 Å². The van der Waals surface area contributed by atoms with E-state index in [-0.39, 0.29) is 11.2 Å². The van der Waals surface area contributed by atoms with E-state index in [2.05, 4.69) is 26.8 Å². The van der Waals surface area contributed by atoms with Crippen LogP contribution in [0.1, 0.15) is 81.7 Å². The van der Waals surface area contributed by atoms with E-state index in [1.54, 1.807) is 6.08 Å². The molecule has 0 heterocycles. The van der Waals surface area contributed by atoms with Crippen LogP contribution in [0.25, 0.3) is 5.57 Å². The predicted molar refractivity (Wildman–Crippen MR) is 181 cm³/mol. The van der Waals surface area contributed by atoms with E-state index in [1.807, 2.05) is 140 Å². The Bertz CT molecular complexity index is 1320. The van der Waals surface area contributed by atoms with Gasteiger partial charge in [-0.1, -0.05) is 75.4 Å². The number of hydrogen-bond acceptors (Lipinski definition) is 4. The molecular formula is C38H51NO3. The summed E-state index contributed by atoms with van der Waals surface area (Å²) in [5, 5.41) is 0. The summed E-state index contributed by atoms with van der Waals surface area (Å²) in [6.07, 6.45) is 23.1. The largest absolute Gasteiger partial charge is 0.474 e. The average Bonchev–Trinajstić information content (AvgIpc) is 2.93. The molecule has 0 spiro atoms. The first kappa shape index (κ1) is 36.1. The van der Waals surface area contributed by atoms with Crippen LogP contribution in [-0.4, -0.2) is 11.5 Å². The molecule has 0 aliphatic rings. The molecule has 4 nitrogen and oxygen atoms in total. The van der Waals surface area contributed by atoms with E-state index in [0.717, 1.165) is 16.9 Å². The van der Waals surface area contributed by atoms with Crippen molar-refractivity contribution in [3.05, 3.63) is 131 Å². The normalized spacial score (nSPS) is 15.3. The fourth-order valence-corrected chi connectivity index (χ4v) is 3.97. The number of rotatable bonds is 13. The van der Waals surface area contributed by atoms with E-state index < -0.39 is 5.72 Å². The van der Waals surface area contributed by atoms with Gasteiger partial charge >= 0.3 is 0 Å². The second kappa shape index (κ2) is 17.2. The highest BCUT2D eigenvalue weighted by atomic mass is 16.5. The first-order valence-electron chi connectivity index (χ1n) is 14.6. The number of nitrogens with two attached hydrogens (primary N) is 1. The van der Waals surface area contributed by atoms with Gasteiger partial charge in [0.15, 0.2) is 11.5 Å². The zero-order chi connectivity index (χ0) is 31.9. The zero-order valence-corrected chi connectivity index (χ0v) is 27.5. The summed E-state index contributed by atoms with van der Waals surface area (Å²) in [7, 11) is 0. The Balaban J connectivity index is 3.03. The Hall–Kier alpha value is -3.89. The summed E-state index contributed by atoms with van der Waals surface area (Å²) in [6, 6.07) is 7.83. The lowest BCUT2D eigenvalue weighted by molar-refractivity contribution is -0.111. The minimum Gasteiger partial charge on any atom is -0.474 e. The number of allylic oxidation sites excluding steroid dienone is 16. The third-order valence-corrected chi connectivity index (χ3v) is 6.30. The van der Waals surface area contributed by atoms with Gasteiger partial charge in [-0.25, -0.2) is 0 Å². The molecule has 0 radical (unpaired) electrons. The Morgan fingerprint density at radius 1 is 0.643 bits per heavy atom. The molecule has 0 aliphatic carbocycles. The van der Waals surface area contributed by atoms with Crippen molar-refractivity contribution in [3.8, 4) is 5.75 Å². The minimum atomic E-state index is -0.739. The SMILES string of the molecule is C\C=C(/C=C\C(=C/C)C(=O)C(/C=C\C(=C/C)C(C)(C)C)=C/C)OC(/C=C\C(=C/C)c1ccc(OC(C)(C)N)cc1)=C/C. The standard InChI is InChI=1S/C38H51NO3/c1-12-28(31-21-26-35(27-22-31)42-38(10,11)39)19-24-33(16-5)41-34(17-6)25-20-30(14-3)36(40)29(13-2)18-23-32(15-4)37(7,8)9/h12-27H,39H2,1-11H3/b23-18-,24-19-,25-20-,28-12+,29-13+,30-14+,32-15+,33-16+,34-17+. The van der Waals surface area contributed by atoms with Crippen molar-refractivity contribution >= 4 is 11.4 Å². The van der Waals surface area contributed by atoms with Gasteiger partial charge in [-0.3, -0.25) is 10.5 Å². The van der Waals surface area contributed by atoms with E-state index >= 15 is 0 Å². The van der Waals surface area contributed by atoms with Crippen LogP contribution < -0.4 is 10.5 Å². The maximum atomic E-state index is 13.3. The van der Waals surface area contributed by atoms with Gasteiger partial charge in [-0.15, -0.1) is 0 Å². The molecule has 0 unspecified atom stereocenters. The Kier molecular flexibility index (Phi) is 14.8. The second-order valence-corrected chi connectivity index (χ2v) is 11.3. The first-order chi connectivity index (χ1) is 19.7. The van der Waals surface area contributed by atoms with Gasteiger partial charge in [-0.05, 0) is 120 Å². The number of hydrogen-bond donors (Lipinski definition) is 1. The molecule has 0 saturated heterocycles. The minimum absolute atomic E-state index is 0.00275. The molecule has 1 aromatic carbocycles. The summed E-state index contributed by atoms with van der Waals surface area (Å²) in [4.78, 5) is 13.3. The van der Waals surface area contributed by atoms with Crippen molar-refractivity contribution in [3.63, 3.8) is 0 Å². The van der Waals surface area contributed by atoms with Crippen molar-refractivity contribution in [2.75, 3.05) is 0 Å². The summed E-state index contributed by atoms with van der Waals surface area (Å²) >= 11 is 0. The number of carbonyl (C=O) groups is 1. The van der Waals surface area contributed by atoms with E-state index in [4.69, 9.17) is 15.2 Å². The van der Waals surface area contributed by atoms with Crippen LogP contribution in [-0.2, 0) is 9.53 Å². The van der Waals surface area contributed by atoms with Crippen LogP contribution in [0, 0.1) is 5.41 Å². The van der Waals surface area contributed by atoms with Crippen molar-refractivity contribution in [2.24, 2.45) is 11.1 Å². The predicted octanol–water partition coefficient (Wildman–Crippen LogP) is 10.1. The van der Waals surface area contributed by atoms with E-state index in [0.29, 0.717) is 22.7 Å². The van der Waals surface area contributed by atoms with Crippen molar-refractivity contribution in [2.45, 2.75) is 81.9 Å². The highest BCUT2D eigenvalue weighted by Crippen LogP contribution is 2.27. The maximum absolute atomic E-state index is 13.3. The van der Waals surface area contributed by atoms with Gasteiger partial charge in [0.1, 0.15) is 17.3 Å². The van der Waals surface area contributed by atoms with Gasteiger partial charge in [0.25, 0.3) is 0 Å². The molecule has 4 heteroatoms. The van der Waals surface area contributed by atoms with Gasteiger partial charge in [0.2, 0.25) is 0 Å². The fraction of sp³-hybridized carbons (Fsp3) is 0.342. The lowest BCUT2D eigenvalue weighted by Crippen LogP contribution is -2.38. The van der Waals surface area contributed by atoms with Gasteiger partial charge in [-0.2, -0.15) is 0 Å². The fourth-order valence-electron chi connectivity index (χ4n) is 3.97. The second-order valence-electron chi connectivity index (χ2n) is 11.3. The van der Waals surface area contributed by atoms with E-state index in [9.17, 15) is 4.79 Å². The van der Waals surface area contributed by atoms with Crippen molar-refractivity contribution in [1.29, 1.82) is 0 Å². The van der Waals surface area contributed by atoms with Crippen LogP contribution in [0.15, 0.2) is 125 Å². The Morgan fingerprint density at radius 2 is 1.14 bits per heavy atom. The van der Waals surface area contributed by atoms with Crippen LogP contribution >= 0.6 is 0 Å². The summed E-state index contributed by atoms with van der Waals surface area (Å²) in [5.74, 6) is 2.00. The number of benzene rings is 1. The van der Waals surface area contributed by atoms with Crippen LogP contribution in [0.3, 0.4) is 0 Å². The molecule has 0 aliphatic heterocycles. The Morgan fingerprint density at radius 3 is 1.55 bits per heavy atom. The van der Waals surface area contributed by atoms with Crippen molar-refractivity contribution < 1.29 is 14.3 Å².